The molecule has 2 nitrogen and oxygen atoms in total. The minimum absolute atomic E-state index is 0.00711. The van der Waals surface area contributed by atoms with E-state index in [0.29, 0.717) is 11.3 Å². The number of amides is 1. The molecule has 0 saturated carbocycles. The van der Waals surface area contributed by atoms with E-state index in [0.717, 1.165) is 19.0 Å². The summed E-state index contributed by atoms with van der Waals surface area (Å²) in [4.78, 5) is 14.9. The molecule has 0 radical (unpaired) electrons. The van der Waals surface area contributed by atoms with E-state index in [2.05, 4.69) is 60.3 Å². The van der Waals surface area contributed by atoms with Gasteiger partial charge in [-0.3, -0.25) is 4.79 Å². The van der Waals surface area contributed by atoms with Crippen molar-refractivity contribution in [3.63, 3.8) is 0 Å². The minimum atomic E-state index is -0.286. The van der Waals surface area contributed by atoms with E-state index < -0.39 is 0 Å². The molecule has 1 rings (SSSR count). The molecule has 1 aliphatic rings. The van der Waals surface area contributed by atoms with Crippen LogP contribution in [0.15, 0.2) is 0 Å². The van der Waals surface area contributed by atoms with Crippen molar-refractivity contribution < 1.29 is 4.79 Å². The monoisotopic (exact) mass is 295 g/mol. The van der Waals surface area contributed by atoms with Crippen LogP contribution in [0.25, 0.3) is 0 Å². The summed E-state index contributed by atoms with van der Waals surface area (Å²) in [5.74, 6) is 1.15. The summed E-state index contributed by atoms with van der Waals surface area (Å²) >= 11 is 0. The Morgan fingerprint density at radius 3 is 1.81 bits per heavy atom. The highest BCUT2D eigenvalue weighted by atomic mass is 16.2. The molecule has 1 saturated heterocycles. The lowest BCUT2D eigenvalue weighted by atomic mass is 9.68. The van der Waals surface area contributed by atoms with Gasteiger partial charge in [-0.05, 0) is 42.4 Å². The second-order valence-corrected chi connectivity index (χ2v) is 9.71. The van der Waals surface area contributed by atoms with Crippen molar-refractivity contribution >= 4 is 5.91 Å². The Morgan fingerprint density at radius 2 is 1.43 bits per heavy atom. The van der Waals surface area contributed by atoms with Gasteiger partial charge in [0.2, 0.25) is 5.91 Å². The number of carbonyl (C=O) groups excluding carboxylic acids is 1. The van der Waals surface area contributed by atoms with Gasteiger partial charge in [-0.15, -0.1) is 0 Å². The number of likely N-dealkylation sites (tertiary alicyclic amines) is 1. The molecule has 0 aromatic carbocycles. The first-order chi connectivity index (χ1) is 9.34. The van der Waals surface area contributed by atoms with Gasteiger partial charge in [0.15, 0.2) is 0 Å². The van der Waals surface area contributed by atoms with Gasteiger partial charge < -0.3 is 4.90 Å². The highest BCUT2D eigenvalue weighted by molar-refractivity contribution is 5.82. The third-order valence-corrected chi connectivity index (χ3v) is 5.61. The molecule has 1 aliphatic heterocycles. The van der Waals surface area contributed by atoms with E-state index in [-0.39, 0.29) is 10.8 Å². The fraction of sp³-hybridized carbons (Fsp3) is 0.947. The number of hydrogen-bond acceptors (Lipinski definition) is 1. The molecule has 1 amide bonds. The summed E-state index contributed by atoms with van der Waals surface area (Å²) in [6.45, 7) is 19.6. The summed E-state index contributed by atoms with van der Waals surface area (Å²) in [6.07, 6.45) is 4.97. The Labute approximate surface area is 132 Å². The summed E-state index contributed by atoms with van der Waals surface area (Å²) in [5.41, 5.74) is 0.152. The van der Waals surface area contributed by atoms with Crippen LogP contribution in [0.2, 0.25) is 0 Å². The average molecular weight is 296 g/mol. The molecule has 0 aromatic rings. The third kappa shape index (κ3) is 5.00. The number of piperidine rings is 1. The topological polar surface area (TPSA) is 20.3 Å². The maximum atomic E-state index is 12.8. The van der Waals surface area contributed by atoms with Crippen molar-refractivity contribution in [2.75, 3.05) is 13.1 Å². The predicted molar refractivity (Wildman–Crippen MR) is 91.2 cm³/mol. The lowest BCUT2D eigenvalue weighted by Crippen LogP contribution is -2.49. The minimum Gasteiger partial charge on any atom is -0.342 e. The van der Waals surface area contributed by atoms with Crippen molar-refractivity contribution in [2.24, 2.45) is 22.2 Å². The van der Waals surface area contributed by atoms with Crippen molar-refractivity contribution in [2.45, 2.75) is 81.1 Å². The van der Waals surface area contributed by atoms with Gasteiger partial charge in [0, 0.05) is 18.5 Å². The Balaban J connectivity index is 2.52. The Kier molecular flexibility index (Phi) is 5.56. The lowest BCUT2D eigenvalue weighted by molar-refractivity contribution is -0.147. The highest BCUT2D eigenvalue weighted by Gasteiger charge is 2.42. The van der Waals surface area contributed by atoms with E-state index in [4.69, 9.17) is 0 Å². The smallest absolute Gasteiger partial charge is 0.228 e. The van der Waals surface area contributed by atoms with Crippen LogP contribution in [0, 0.1) is 22.2 Å². The van der Waals surface area contributed by atoms with E-state index >= 15 is 0 Å². The van der Waals surface area contributed by atoms with E-state index in [1.807, 2.05) is 0 Å². The maximum absolute atomic E-state index is 12.8. The fourth-order valence-corrected chi connectivity index (χ4v) is 2.78. The third-order valence-electron chi connectivity index (χ3n) is 5.61. The molecule has 1 fully saturated rings. The van der Waals surface area contributed by atoms with Crippen molar-refractivity contribution in [1.29, 1.82) is 0 Å². The van der Waals surface area contributed by atoms with Crippen LogP contribution in [0.3, 0.4) is 0 Å². The van der Waals surface area contributed by atoms with Crippen LogP contribution in [0.4, 0.5) is 0 Å². The van der Waals surface area contributed by atoms with Gasteiger partial charge in [-0.1, -0.05) is 55.4 Å². The zero-order chi connectivity index (χ0) is 16.5. The predicted octanol–water partition coefficient (Wildman–Crippen LogP) is 5.12. The van der Waals surface area contributed by atoms with Gasteiger partial charge in [0.05, 0.1) is 0 Å². The number of rotatable bonds is 3. The first-order valence-corrected chi connectivity index (χ1v) is 8.64. The van der Waals surface area contributed by atoms with E-state index in [9.17, 15) is 4.79 Å². The van der Waals surface area contributed by atoms with Crippen LogP contribution >= 0.6 is 0 Å². The van der Waals surface area contributed by atoms with Crippen LogP contribution < -0.4 is 0 Å². The Hall–Kier alpha value is -0.530. The summed E-state index contributed by atoms with van der Waals surface area (Å²) in [7, 11) is 0. The zero-order valence-corrected chi connectivity index (χ0v) is 15.7. The molecule has 0 spiro atoms. The van der Waals surface area contributed by atoms with Crippen molar-refractivity contribution in [3.8, 4) is 0 Å². The summed E-state index contributed by atoms with van der Waals surface area (Å²) < 4.78 is 0. The van der Waals surface area contributed by atoms with Gasteiger partial charge in [0.1, 0.15) is 0 Å². The molecule has 0 aromatic heterocycles. The summed E-state index contributed by atoms with van der Waals surface area (Å²) in [6, 6.07) is 0. The standard InChI is InChI=1S/C19H37NO/c1-17(2,3)12-9-15-10-13-20(14-11-15)16(21)19(7,8)18(4,5)6/h15H,9-14H2,1-8H3. The van der Waals surface area contributed by atoms with Gasteiger partial charge in [-0.2, -0.15) is 0 Å². The largest absolute Gasteiger partial charge is 0.342 e. The number of carbonyl (C=O) groups is 1. The van der Waals surface area contributed by atoms with Crippen LogP contribution in [-0.2, 0) is 4.79 Å². The lowest BCUT2D eigenvalue weighted by Gasteiger charge is -2.43. The molecule has 124 valence electrons. The second-order valence-electron chi connectivity index (χ2n) is 9.71. The van der Waals surface area contributed by atoms with Crippen molar-refractivity contribution in [1.82, 2.24) is 4.90 Å². The summed E-state index contributed by atoms with van der Waals surface area (Å²) in [5, 5.41) is 0. The highest BCUT2D eigenvalue weighted by Crippen LogP contribution is 2.40. The molecular formula is C19H37NO. The van der Waals surface area contributed by atoms with Crippen LogP contribution in [-0.4, -0.2) is 23.9 Å². The Morgan fingerprint density at radius 1 is 0.952 bits per heavy atom. The van der Waals surface area contributed by atoms with E-state index in [1.165, 1.54) is 25.7 Å². The van der Waals surface area contributed by atoms with E-state index in [1.54, 1.807) is 0 Å². The first-order valence-electron chi connectivity index (χ1n) is 8.64. The van der Waals surface area contributed by atoms with Gasteiger partial charge >= 0.3 is 0 Å². The fourth-order valence-electron chi connectivity index (χ4n) is 2.78. The molecule has 0 unspecified atom stereocenters. The molecule has 0 bridgehead atoms. The van der Waals surface area contributed by atoms with Gasteiger partial charge in [-0.25, -0.2) is 0 Å². The normalized spacial score (nSPS) is 19.0. The SMILES string of the molecule is CC(C)(C)CCC1CCN(C(=O)C(C)(C)C(C)(C)C)CC1. The molecule has 0 N–H and O–H groups in total. The average Bonchev–Trinajstić information content (AvgIpc) is 2.34. The number of nitrogens with zero attached hydrogens (tertiary/aromatic N) is 1. The molecule has 1 heterocycles. The van der Waals surface area contributed by atoms with Gasteiger partial charge in [0.25, 0.3) is 0 Å². The molecule has 2 heteroatoms. The quantitative estimate of drug-likeness (QED) is 0.707. The molecule has 21 heavy (non-hydrogen) atoms. The molecule has 0 atom stereocenters. The molecule has 0 aliphatic carbocycles. The van der Waals surface area contributed by atoms with Crippen LogP contribution in [0.1, 0.15) is 81.1 Å². The van der Waals surface area contributed by atoms with Crippen LogP contribution in [0.5, 0.6) is 0 Å². The van der Waals surface area contributed by atoms with Crippen molar-refractivity contribution in [3.05, 3.63) is 0 Å². The molecular weight excluding hydrogens is 258 g/mol. The Bertz CT molecular complexity index is 349. The second kappa shape index (κ2) is 6.30. The number of hydrogen-bond donors (Lipinski definition) is 0. The zero-order valence-electron chi connectivity index (χ0n) is 15.7. The maximum Gasteiger partial charge on any atom is 0.228 e. The first kappa shape index (κ1) is 18.5.